The largest absolute Gasteiger partial charge is 0.428 e. The van der Waals surface area contributed by atoms with Crippen LogP contribution in [0.15, 0.2) is 5.16 Å². The van der Waals surface area contributed by atoms with E-state index in [9.17, 15) is 8.42 Å². The molecule has 0 unspecified atom stereocenters. The molecule has 6 heteroatoms. The van der Waals surface area contributed by atoms with Crippen molar-refractivity contribution in [2.45, 2.75) is 0 Å². The van der Waals surface area contributed by atoms with E-state index >= 15 is 0 Å². The van der Waals surface area contributed by atoms with Gasteiger partial charge < -0.3 is 0 Å². The van der Waals surface area contributed by atoms with E-state index in [1.165, 1.54) is 0 Å². The molecule has 5 nitrogen and oxygen atoms in total. The predicted octanol–water partition coefficient (Wildman–Crippen LogP) is -1.33. The van der Waals surface area contributed by atoms with Crippen LogP contribution in [0.25, 0.3) is 0 Å². The van der Waals surface area contributed by atoms with Crippen LogP contribution in [0.2, 0.25) is 0 Å². The number of hydrogen-bond donors (Lipinski definition) is 1. The SMILES string of the molecule is O=S1(=O)N[C]=NO1. The monoisotopic (exact) mass is 121 g/mol. The van der Waals surface area contributed by atoms with Crippen molar-refractivity contribution >= 4 is 16.6 Å². The molecule has 0 aromatic carbocycles. The fourth-order valence-electron chi connectivity index (χ4n) is 0.161. The average Bonchev–Trinajstić information content (AvgIpc) is 1.84. The summed E-state index contributed by atoms with van der Waals surface area (Å²) >= 11 is 0. The van der Waals surface area contributed by atoms with Crippen LogP contribution in [0.3, 0.4) is 0 Å². The summed E-state index contributed by atoms with van der Waals surface area (Å²) in [4.78, 5) is 0. The molecule has 0 fully saturated rings. The standard InChI is InChI=1S/CHN2O3S/c4-7(5)3-1-2-6-7/h(H,2,3). The number of nitrogens with one attached hydrogen (secondary N) is 1. The molecule has 0 bridgehead atoms. The minimum Gasteiger partial charge on any atom is -0.250 e. The first-order chi connectivity index (χ1) is 3.21. The van der Waals surface area contributed by atoms with E-state index < -0.39 is 10.3 Å². The zero-order chi connectivity index (χ0) is 5.33. The Morgan fingerprint density at radius 1 is 1.71 bits per heavy atom. The Morgan fingerprint density at radius 3 is 2.57 bits per heavy atom. The van der Waals surface area contributed by atoms with Gasteiger partial charge in [-0.15, -0.1) is 0 Å². The van der Waals surface area contributed by atoms with Crippen molar-refractivity contribution in [3.8, 4) is 0 Å². The second kappa shape index (κ2) is 1.09. The Hall–Kier alpha value is -0.780. The summed E-state index contributed by atoms with van der Waals surface area (Å²) in [5.74, 6) is 0. The molecule has 39 valence electrons. The summed E-state index contributed by atoms with van der Waals surface area (Å²) in [7, 11) is -3.57. The summed E-state index contributed by atoms with van der Waals surface area (Å²) in [6.07, 6.45) is 1.88. The lowest BCUT2D eigenvalue weighted by Gasteiger charge is -1.83. The molecular formula is CHN2O3S. The van der Waals surface area contributed by atoms with Gasteiger partial charge in [-0.1, -0.05) is 0 Å². The van der Waals surface area contributed by atoms with Gasteiger partial charge in [-0.05, 0) is 5.16 Å². The van der Waals surface area contributed by atoms with Crippen LogP contribution in [-0.2, 0) is 14.6 Å². The third kappa shape index (κ3) is 0.801. The van der Waals surface area contributed by atoms with E-state index in [-0.39, 0.29) is 0 Å². The van der Waals surface area contributed by atoms with E-state index in [0.717, 1.165) is 0 Å². The smallest absolute Gasteiger partial charge is 0.250 e. The average molecular weight is 121 g/mol. The van der Waals surface area contributed by atoms with Crippen molar-refractivity contribution in [1.82, 2.24) is 4.72 Å². The first-order valence-electron chi connectivity index (χ1n) is 1.36. The van der Waals surface area contributed by atoms with Crippen molar-refractivity contribution in [2.24, 2.45) is 5.16 Å². The summed E-state index contributed by atoms with van der Waals surface area (Å²) in [6.45, 7) is 0. The molecule has 0 amide bonds. The maximum atomic E-state index is 9.94. The van der Waals surface area contributed by atoms with Crippen molar-refractivity contribution in [2.75, 3.05) is 0 Å². The second-order valence-corrected chi connectivity index (χ2v) is 2.10. The number of hydrogen-bond acceptors (Lipinski definition) is 4. The van der Waals surface area contributed by atoms with Crippen molar-refractivity contribution in [3.05, 3.63) is 0 Å². The highest BCUT2D eigenvalue weighted by Gasteiger charge is 2.12. The van der Waals surface area contributed by atoms with Gasteiger partial charge in [0, 0.05) is 0 Å². The first kappa shape index (κ1) is 4.38. The summed E-state index contributed by atoms with van der Waals surface area (Å²) in [6, 6.07) is 0. The minimum atomic E-state index is -3.57. The highest BCUT2D eigenvalue weighted by Crippen LogP contribution is 1.90. The summed E-state index contributed by atoms with van der Waals surface area (Å²) < 4.78 is 25.3. The molecule has 1 radical (unpaired) electrons. The molecule has 1 aliphatic rings. The van der Waals surface area contributed by atoms with Gasteiger partial charge in [0.2, 0.25) is 6.34 Å². The lowest BCUT2D eigenvalue weighted by Crippen LogP contribution is -2.15. The first-order valence-corrected chi connectivity index (χ1v) is 2.77. The Kier molecular flexibility index (Phi) is 0.684. The Bertz CT molecular complexity index is 165. The predicted molar refractivity (Wildman–Crippen MR) is 20.6 cm³/mol. The molecule has 0 spiro atoms. The van der Waals surface area contributed by atoms with Crippen molar-refractivity contribution in [3.63, 3.8) is 0 Å². The lowest BCUT2D eigenvalue weighted by molar-refractivity contribution is 0.351. The molecule has 1 rings (SSSR count). The van der Waals surface area contributed by atoms with Crippen LogP contribution in [0, 0.1) is 0 Å². The molecule has 0 aromatic heterocycles. The molecular weight excluding hydrogens is 120 g/mol. The van der Waals surface area contributed by atoms with Crippen LogP contribution in [-0.4, -0.2) is 14.8 Å². The van der Waals surface area contributed by atoms with Gasteiger partial charge >= 0.3 is 10.3 Å². The van der Waals surface area contributed by atoms with Crippen LogP contribution >= 0.6 is 0 Å². The quantitative estimate of drug-likeness (QED) is 0.431. The zero-order valence-corrected chi connectivity index (χ0v) is 3.90. The van der Waals surface area contributed by atoms with E-state index in [2.05, 4.69) is 9.44 Å². The minimum absolute atomic E-state index is 1.73. The molecule has 1 heterocycles. The molecule has 1 N–H and O–H groups in total. The highest BCUT2D eigenvalue weighted by atomic mass is 32.2. The van der Waals surface area contributed by atoms with E-state index in [4.69, 9.17) is 0 Å². The summed E-state index contributed by atoms with van der Waals surface area (Å²) in [5.41, 5.74) is 0. The van der Waals surface area contributed by atoms with Gasteiger partial charge in [0.05, 0.1) is 0 Å². The van der Waals surface area contributed by atoms with Crippen LogP contribution in [0.1, 0.15) is 0 Å². The van der Waals surface area contributed by atoms with E-state index in [1.54, 1.807) is 4.72 Å². The van der Waals surface area contributed by atoms with Crippen LogP contribution < -0.4 is 4.72 Å². The number of nitrogens with zero attached hydrogens (tertiary/aromatic N) is 1. The Balaban J connectivity index is 2.88. The maximum absolute atomic E-state index is 9.94. The van der Waals surface area contributed by atoms with E-state index in [0.29, 0.717) is 0 Å². The highest BCUT2D eigenvalue weighted by molar-refractivity contribution is 7.85. The molecule has 7 heavy (non-hydrogen) atoms. The molecule has 1 aliphatic heterocycles. The van der Waals surface area contributed by atoms with Crippen molar-refractivity contribution < 1.29 is 12.7 Å². The zero-order valence-electron chi connectivity index (χ0n) is 3.08. The molecule has 0 atom stereocenters. The third-order valence-corrected chi connectivity index (χ3v) is 0.964. The van der Waals surface area contributed by atoms with Gasteiger partial charge in [-0.25, -0.2) is 9.01 Å². The molecule has 0 saturated heterocycles. The Morgan fingerprint density at radius 2 is 2.43 bits per heavy atom. The molecule has 0 aliphatic carbocycles. The van der Waals surface area contributed by atoms with Crippen molar-refractivity contribution in [1.29, 1.82) is 0 Å². The number of rotatable bonds is 0. The van der Waals surface area contributed by atoms with Gasteiger partial charge in [-0.3, -0.25) is 0 Å². The van der Waals surface area contributed by atoms with Gasteiger partial charge in [-0.2, -0.15) is 8.42 Å². The fourth-order valence-corrected chi connectivity index (χ4v) is 0.483. The van der Waals surface area contributed by atoms with Crippen LogP contribution in [0.5, 0.6) is 0 Å². The summed E-state index contributed by atoms with van der Waals surface area (Å²) in [5, 5.41) is 2.79. The third-order valence-electron chi connectivity index (χ3n) is 0.352. The van der Waals surface area contributed by atoms with Crippen LogP contribution in [0.4, 0.5) is 0 Å². The topological polar surface area (TPSA) is 67.8 Å². The maximum Gasteiger partial charge on any atom is 0.428 e. The molecule has 0 aromatic rings. The van der Waals surface area contributed by atoms with E-state index in [1.807, 2.05) is 6.34 Å². The normalized spacial score (nSPS) is 23.4. The van der Waals surface area contributed by atoms with Gasteiger partial charge in [0.1, 0.15) is 0 Å². The van der Waals surface area contributed by atoms with Gasteiger partial charge in [0.25, 0.3) is 0 Å². The second-order valence-electron chi connectivity index (χ2n) is 0.834. The van der Waals surface area contributed by atoms with Gasteiger partial charge in [0.15, 0.2) is 0 Å². The lowest BCUT2D eigenvalue weighted by atomic mass is 11.4. The Labute approximate surface area is 40.2 Å². The fraction of sp³-hybridized carbons (Fsp3) is 0. The molecule has 0 saturated carbocycles.